The summed E-state index contributed by atoms with van der Waals surface area (Å²) < 4.78 is 7.68. The molecule has 0 saturated heterocycles. The van der Waals surface area contributed by atoms with Crippen LogP contribution in [0.4, 0.5) is 0 Å². The maximum atomic E-state index is 12.3. The Morgan fingerprint density at radius 1 is 1.33 bits per heavy atom. The molecule has 24 heavy (non-hydrogen) atoms. The summed E-state index contributed by atoms with van der Waals surface area (Å²) in [5.41, 5.74) is 0.801. The highest BCUT2D eigenvalue weighted by molar-refractivity contribution is 9.10. The number of H-pyrrole nitrogens is 1. The van der Waals surface area contributed by atoms with Gasteiger partial charge in [-0.15, -0.1) is 0 Å². The fraction of sp³-hybridized carbons (Fsp3) is 0.0667. The van der Waals surface area contributed by atoms with Crippen LogP contribution in [-0.2, 0) is 6.54 Å². The van der Waals surface area contributed by atoms with Crippen LogP contribution in [0.2, 0.25) is 5.02 Å². The zero-order valence-corrected chi connectivity index (χ0v) is 14.4. The normalized spacial score (nSPS) is 11.2. The van der Waals surface area contributed by atoms with Gasteiger partial charge in [0.1, 0.15) is 6.54 Å². The molecular weight excluding hydrogens is 398 g/mol. The molecule has 0 aliphatic heterocycles. The number of hydrogen-bond acceptors (Lipinski definition) is 5. The molecule has 0 fully saturated rings. The lowest BCUT2D eigenvalue weighted by atomic mass is 10.1. The van der Waals surface area contributed by atoms with Crippen molar-refractivity contribution in [3.8, 4) is 11.4 Å². The Labute approximate surface area is 148 Å². The number of benzene rings is 1. The van der Waals surface area contributed by atoms with E-state index >= 15 is 0 Å². The first-order valence-electron chi connectivity index (χ1n) is 6.92. The van der Waals surface area contributed by atoms with Crippen molar-refractivity contribution in [2.75, 3.05) is 0 Å². The lowest BCUT2D eigenvalue weighted by Gasteiger charge is -2.00. The number of rotatable bonds is 3. The van der Waals surface area contributed by atoms with Crippen LogP contribution in [0.1, 0.15) is 5.89 Å². The van der Waals surface area contributed by atoms with Crippen molar-refractivity contribution >= 4 is 38.4 Å². The van der Waals surface area contributed by atoms with E-state index in [2.05, 4.69) is 36.2 Å². The van der Waals surface area contributed by atoms with E-state index in [-0.39, 0.29) is 17.9 Å². The molecule has 0 aliphatic rings. The molecule has 7 nitrogen and oxygen atoms in total. The van der Waals surface area contributed by atoms with Crippen LogP contribution in [0.3, 0.4) is 0 Å². The van der Waals surface area contributed by atoms with Crippen LogP contribution in [0, 0.1) is 0 Å². The van der Waals surface area contributed by atoms with Crippen LogP contribution < -0.4 is 5.56 Å². The van der Waals surface area contributed by atoms with Crippen molar-refractivity contribution in [2.45, 2.75) is 6.54 Å². The molecule has 1 aromatic carbocycles. The minimum absolute atomic E-state index is 0.228. The second kappa shape index (κ2) is 5.88. The van der Waals surface area contributed by atoms with E-state index in [0.29, 0.717) is 16.5 Å². The predicted molar refractivity (Wildman–Crippen MR) is 91.9 cm³/mol. The number of pyridine rings is 1. The second-order valence-electron chi connectivity index (χ2n) is 5.11. The summed E-state index contributed by atoms with van der Waals surface area (Å²) in [6, 6.07) is 7.33. The number of fused-ring (bicyclic) bond motifs is 1. The molecule has 0 aliphatic carbocycles. The van der Waals surface area contributed by atoms with Crippen LogP contribution in [0.15, 0.2) is 50.4 Å². The Hall–Kier alpha value is -2.45. The van der Waals surface area contributed by atoms with Crippen LogP contribution in [-0.4, -0.2) is 24.9 Å². The first-order chi connectivity index (χ1) is 11.6. The lowest BCUT2D eigenvalue weighted by molar-refractivity contribution is 0.366. The van der Waals surface area contributed by atoms with Gasteiger partial charge in [-0.2, -0.15) is 10.1 Å². The molecule has 0 bridgehead atoms. The van der Waals surface area contributed by atoms with Gasteiger partial charge in [0.05, 0.1) is 16.8 Å². The van der Waals surface area contributed by atoms with E-state index in [4.69, 9.17) is 16.1 Å². The molecule has 4 rings (SSSR count). The second-order valence-corrected chi connectivity index (χ2v) is 6.46. The Morgan fingerprint density at radius 2 is 2.21 bits per heavy atom. The van der Waals surface area contributed by atoms with Crippen molar-refractivity contribution in [3.05, 3.63) is 62.4 Å². The molecule has 1 N–H and O–H groups in total. The van der Waals surface area contributed by atoms with Gasteiger partial charge in [-0.05, 0) is 24.3 Å². The molecule has 9 heteroatoms. The molecule has 0 saturated carbocycles. The fourth-order valence-electron chi connectivity index (χ4n) is 2.34. The zero-order valence-electron chi connectivity index (χ0n) is 12.0. The molecule has 4 aromatic rings. The maximum absolute atomic E-state index is 12.3. The van der Waals surface area contributed by atoms with Gasteiger partial charge in [-0.1, -0.05) is 32.7 Å². The monoisotopic (exact) mass is 405 g/mol. The number of nitrogens with one attached hydrogen (secondary N) is 1. The summed E-state index contributed by atoms with van der Waals surface area (Å²) in [6.07, 6.45) is 3.16. The van der Waals surface area contributed by atoms with E-state index in [1.807, 2.05) is 18.2 Å². The molecule has 0 amide bonds. The first kappa shape index (κ1) is 15.1. The minimum atomic E-state index is -0.278. The van der Waals surface area contributed by atoms with Gasteiger partial charge in [0.25, 0.3) is 5.56 Å². The molecule has 0 spiro atoms. The Morgan fingerprint density at radius 3 is 3.00 bits per heavy atom. The maximum Gasteiger partial charge on any atom is 0.259 e. The quantitative estimate of drug-likeness (QED) is 0.564. The molecule has 120 valence electrons. The van der Waals surface area contributed by atoms with Crippen molar-refractivity contribution < 1.29 is 4.52 Å². The van der Waals surface area contributed by atoms with E-state index < -0.39 is 0 Å². The minimum Gasteiger partial charge on any atom is -0.337 e. The van der Waals surface area contributed by atoms with Gasteiger partial charge in [0.15, 0.2) is 0 Å². The predicted octanol–water partition coefficient (Wildman–Crippen LogP) is 3.24. The van der Waals surface area contributed by atoms with Crippen molar-refractivity contribution in [1.82, 2.24) is 24.9 Å². The number of halogens is 2. The van der Waals surface area contributed by atoms with Gasteiger partial charge in [-0.3, -0.25) is 9.48 Å². The molecule has 0 atom stereocenters. The van der Waals surface area contributed by atoms with E-state index in [1.54, 1.807) is 16.9 Å². The Balaban J connectivity index is 1.72. The summed E-state index contributed by atoms with van der Waals surface area (Å²) in [5, 5.41) is 9.32. The smallest absolute Gasteiger partial charge is 0.259 e. The van der Waals surface area contributed by atoms with Gasteiger partial charge in [-0.25, -0.2) is 0 Å². The topological polar surface area (TPSA) is 89.6 Å². The van der Waals surface area contributed by atoms with Gasteiger partial charge in [0.2, 0.25) is 11.7 Å². The van der Waals surface area contributed by atoms with Crippen molar-refractivity contribution in [3.63, 3.8) is 0 Å². The third kappa shape index (κ3) is 2.85. The van der Waals surface area contributed by atoms with E-state index in [9.17, 15) is 4.79 Å². The average Bonchev–Trinajstić information content (AvgIpc) is 3.17. The summed E-state index contributed by atoms with van der Waals surface area (Å²) >= 11 is 9.23. The lowest BCUT2D eigenvalue weighted by Crippen LogP contribution is -2.09. The third-order valence-corrected chi connectivity index (χ3v) is 4.10. The summed E-state index contributed by atoms with van der Waals surface area (Å²) in [7, 11) is 0. The molecule has 0 radical (unpaired) electrons. The Bertz CT molecular complexity index is 1100. The Kier molecular flexibility index (Phi) is 3.70. The fourth-order valence-corrected chi connectivity index (χ4v) is 2.87. The average molecular weight is 407 g/mol. The van der Waals surface area contributed by atoms with E-state index in [1.165, 1.54) is 6.20 Å². The first-order valence-corrected chi connectivity index (χ1v) is 8.09. The number of aromatic amines is 1. The third-order valence-electron chi connectivity index (χ3n) is 3.41. The number of nitrogens with zero attached hydrogens (tertiary/aromatic N) is 4. The van der Waals surface area contributed by atoms with Crippen molar-refractivity contribution in [1.29, 1.82) is 0 Å². The standard InChI is InChI=1S/C15H9BrClN5O2/c16-9-1-2-12-8(3-9)4-11(15(23)19-12)14-20-13(24-21-14)7-22-6-10(17)5-18-22/h1-6H,7H2,(H,19,23). The van der Waals surface area contributed by atoms with Crippen LogP contribution >= 0.6 is 27.5 Å². The summed E-state index contributed by atoms with van der Waals surface area (Å²) in [4.78, 5) is 19.3. The van der Waals surface area contributed by atoms with E-state index in [0.717, 1.165) is 15.4 Å². The highest BCUT2D eigenvalue weighted by Crippen LogP contribution is 2.21. The number of aromatic nitrogens is 5. The molecule has 3 heterocycles. The molecule has 3 aromatic heterocycles. The van der Waals surface area contributed by atoms with Gasteiger partial charge >= 0.3 is 0 Å². The van der Waals surface area contributed by atoms with Crippen molar-refractivity contribution in [2.24, 2.45) is 0 Å². The highest BCUT2D eigenvalue weighted by Gasteiger charge is 2.14. The van der Waals surface area contributed by atoms with Gasteiger partial charge < -0.3 is 9.51 Å². The molecular formula is C15H9BrClN5O2. The SMILES string of the molecule is O=c1[nH]c2ccc(Br)cc2cc1-c1noc(Cn2cc(Cl)cn2)n1. The summed E-state index contributed by atoms with van der Waals surface area (Å²) in [5.74, 6) is 0.560. The highest BCUT2D eigenvalue weighted by atomic mass is 79.9. The van der Waals surface area contributed by atoms with Crippen LogP contribution in [0.5, 0.6) is 0 Å². The van der Waals surface area contributed by atoms with Gasteiger partial charge in [0, 0.05) is 21.6 Å². The largest absolute Gasteiger partial charge is 0.337 e. The molecule has 0 unspecified atom stereocenters. The van der Waals surface area contributed by atoms with Crippen LogP contribution in [0.25, 0.3) is 22.3 Å². The zero-order chi connectivity index (χ0) is 16.7. The summed E-state index contributed by atoms with van der Waals surface area (Å²) in [6.45, 7) is 0.275. The number of hydrogen-bond donors (Lipinski definition) is 1.